The van der Waals surface area contributed by atoms with Crippen LogP contribution in [0.25, 0.3) is 11.2 Å². The predicted molar refractivity (Wildman–Crippen MR) is 102 cm³/mol. The van der Waals surface area contributed by atoms with Crippen LogP contribution in [0.1, 0.15) is 21.1 Å². The first-order chi connectivity index (χ1) is 12.1. The van der Waals surface area contributed by atoms with Gasteiger partial charge in [0, 0.05) is 18.1 Å². The zero-order valence-electron chi connectivity index (χ0n) is 12.9. The lowest BCUT2D eigenvalue weighted by molar-refractivity contribution is -0.0289. The first-order valence-electron chi connectivity index (χ1n) is 7.48. The molecular formula is C16H23N7O3S. The van der Waals surface area contributed by atoms with E-state index in [1.807, 2.05) is 0 Å². The number of imidazole rings is 1. The van der Waals surface area contributed by atoms with Crippen molar-refractivity contribution in [3.63, 3.8) is 0 Å². The Bertz CT molecular complexity index is 879. The number of hydrogen-bond acceptors (Lipinski definition) is 10. The summed E-state index contributed by atoms with van der Waals surface area (Å²) >= 11 is 1.39. The number of ether oxygens (including phenoxy) is 1. The van der Waals surface area contributed by atoms with Crippen molar-refractivity contribution < 1.29 is 14.9 Å². The summed E-state index contributed by atoms with van der Waals surface area (Å²) in [5.41, 5.74) is 6.63. The Kier molecular flexibility index (Phi) is 6.65. The topological polar surface area (TPSA) is 145 Å². The van der Waals surface area contributed by atoms with Crippen molar-refractivity contribution in [3.05, 3.63) is 31.2 Å². The van der Waals surface area contributed by atoms with E-state index in [-0.39, 0.29) is 20.7 Å². The lowest BCUT2D eigenvalue weighted by Crippen LogP contribution is -2.32. The van der Waals surface area contributed by atoms with E-state index in [1.54, 1.807) is 23.2 Å². The highest BCUT2D eigenvalue weighted by Gasteiger charge is 2.44. The summed E-state index contributed by atoms with van der Waals surface area (Å²) in [6.45, 7) is 0. The Morgan fingerprint density at radius 2 is 1.93 bits per heavy atom. The van der Waals surface area contributed by atoms with Gasteiger partial charge in [0.05, 0.1) is 18.6 Å². The van der Waals surface area contributed by atoms with Crippen molar-refractivity contribution in [1.82, 2.24) is 29.5 Å². The summed E-state index contributed by atoms with van der Waals surface area (Å²) in [5, 5.41) is 21.4. The minimum Gasteiger partial charge on any atom is -0.387 e. The van der Waals surface area contributed by atoms with Crippen LogP contribution in [-0.4, -0.2) is 63.8 Å². The number of aliphatic hydroxyl groups excluding tert-OH is 2. The minimum absolute atomic E-state index is 0. The molecule has 3 aromatic heterocycles. The highest BCUT2D eigenvalue weighted by molar-refractivity contribution is 7.99. The lowest BCUT2D eigenvalue weighted by atomic mass is 10.1. The molecule has 0 radical (unpaired) electrons. The zero-order chi connectivity index (χ0) is 17.4. The Labute approximate surface area is 160 Å². The highest BCUT2D eigenvalue weighted by Crippen LogP contribution is 2.34. The summed E-state index contributed by atoms with van der Waals surface area (Å²) in [6, 6.07) is 0. The summed E-state index contributed by atoms with van der Waals surface area (Å²) in [7, 11) is 0. The average Bonchev–Trinajstić information content (AvgIpc) is 3.18. The summed E-state index contributed by atoms with van der Waals surface area (Å²) < 4.78 is 7.40. The molecule has 0 aliphatic carbocycles. The summed E-state index contributed by atoms with van der Waals surface area (Å²) in [4.78, 5) is 20.3. The fourth-order valence-electron chi connectivity index (χ4n) is 2.68. The fraction of sp³-hybridized carbons (Fsp3) is 0.438. The Morgan fingerprint density at radius 1 is 1.11 bits per heavy atom. The van der Waals surface area contributed by atoms with E-state index in [9.17, 15) is 10.2 Å². The number of nitrogen functional groups attached to an aromatic ring is 1. The van der Waals surface area contributed by atoms with Crippen LogP contribution in [0.5, 0.6) is 0 Å². The Morgan fingerprint density at radius 3 is 2.67 bits per heavy atom. The third-order valence-corrected chi connectivity index (χ3v) is 4.94. The van der Waals surface area contributed by atoms with Crippen LogP contribution in [0.15, 0.2) is 36.3 Å². The molecule has 27 heavy (non-hydrogen) atoms. The summed E-state index contributed by atoms with van der Waals surface area (Å²) in [6.07, 6.45) is 4.01. The normalized spacial score (nSPS) is 24.4. The molecule has 1 fully saturated rings. The first-order valence-corrected chi connectivity index (χ1v) is 8.47. The second kappa shape index (κ2) is 8.57. The van der Waals surface area contributed by atoms with Gasteiger partial charge in [-0.3, -0.25) is 9.55 Å². The number of thioether (sulfide) groups is 1. The van der Waals surface area contributed by atoms with Crippen molar-refractivity contribution in [2.75, 3.05) is 11.5 Å². The molecule has 4 atom stereocenters. The van der Waals surface area contributed by atoms with Crippen molar-refractivity contribution in [2.24, 2.45) is 0 Å². The number of nitrogens with zero attached hydrogens (tertiary/aromatic N) is 6. The third-order valence-electron chi connectivity index (χ3n) is 3.93. The fourth-order valence-corrected chi connectivity index (χ4v) is 3.56. The predicted octanol–water partition coefficient (Wildman–Crippen LogP) is 0.882. The Hall–Kier alpha value is -2.34. The van der Waals surface area contributed by atoms with Gasteiger partial charge in [0.1, 0.15) is 29.1 Å². The maximum absolute atomic E-state index is 10.4. The quantitative estimate of drug-likeness (QED) is 0.546. The number of fused-ring (bicyclic) bond motifs is 1. The standard InChI is InChI=1S/C14H15N7O3S.2CH4/c15-12-9-13(19-5-18-12)21(6-20-9)14-11(23)10(22)7(24-14)4-25-8-3-16-1-2-17-8;;/h1-3,5-7,10-11,14,22-23H,4H2,(H2,15,18,19);2*1H4/t7-,10-,11-,14-;;/m1../s1. The smallest absolute Gasteiger partial charge is 0.167 e. The number of rotatable bonds is 4. The second-order valence-electron chi connectivity index (χ2n) is 5.48. The van der Waals surface area contributed by atoms with Gasteiger partial charge in [-0.1, -0.05) is 14.9 Å². The van der Waals surface area contributed by atoms with Gasteiger partial charge in [-0.2, -0.15) is 0 Å². The molecule has 0 unspecified atom stereocenters. The number of aromatic nitrogens is 6. The van der Waals surface area contributed by atoms with Gasteiger partial charge in [0.15, 0.2) is 17.7 Å². The van der Waals surface area contributed by atoms with E-state index < -0.39 is 24.5 Å². The van der Waals surface area contributed by atoms with Gasteiger partial charge < -0.3 is 20.7 Å². The van der Waals surface area contributed by atoms with Crippen molar-refractivity contribution >= 4 is 28.7 Å². The number of anilines is 1. The zero-order valence-corrected chi connectivity index (χ0v) is 13.7. The van der Waals surface area contributed by atoms with E-state index in [0.717, 1.165) is 0 Å². The monoisotopic (exact) mass is 393 g/mol. The average molecular weight is 393 g/mol. The molecule has 0 spiro atoms. The number of hydrogen-bond donors (Lipinski definition) is 3. The van der Waals surface area contributed by atoms with Gasteiger partial charge >= 0.3 is 0 Å². The van der Waals surface area contributed by atoms with Crippen LogP contribution in [0.3, 0.4) is 0 Å². The molecule has 1 aliphatic rings. The molecular weight excluding hydrogens is 370 g/mol. The SMILES string of the molecule is C.C.Nc1ncnc2c1ncn2[C@@H]1O[C@H](CSc2cnccn2)[C@@H](O)[C@H]1O. The molecule has 0 saturated carbocycles. The maximum atomic E-state index is 10.4. The lowest BCUT2D eigenvalue weighted by Gasteiger charge is -2.16. The van der Waals surface area contributed by atoms with E-state index in [1.165, 1.54) is 24.4 Å². The summed E-state index contributed by atoms with van der Waals surface area (Å²) in [5.74, 6) is 0.656. The molecule has 4 rings (SSSR count). The molecule has 0 amide bonds. The molecule has 1 aliphatic heterocycles. The maximum Gasteiger partial charge on any atom is 0.167 e. The highest BCUT2D eigenvalue weighted by atomic mass is 32.2. The first kappa shape index (κ1) is 21.0. The largest absolute Gasteiger partial charge is 0.387 e. The molecule has 10 nitrogen and oxygen atoms in total. The van der Waals surface area contributed by atoms with E-state index >= 15 is 0 Å². The van der Waals surface area contributed by atoms with Gasteiger partial charge in [0.2, 0.25) is 0 Å². The molecule has 1 saturated heterocycles. The van der Waals surface area contributed by atoms with Crippen LogP contribution in [0.4, 0.5) is 5.82 Å². The van der Waals surface area contributed by atoms with Crippen molar-refractivity contribution in [2.45, 2.75) is 44.4 Å². The van der Waals surface area contributed by atoms with Crippen LogP contribution < -0.4 is 5.73 Å². The second-order valence-corrected chi connectivity index (χ2v) is 6.52. The van der Waals surface area contributed by atoms with Crippen molar-refractivity contribution in [3.8, 4) is 0 Å². The van der Waals surface area contributed by atoms with Gasteiger partial charge in [-0.15, -0.1) is 11.8 Å². The minimum atomic E-state index is -1.12. The van der Waals surface area contributed by atoms with E-state index in [0.29, 0.717) is 21.9 Å². The van der Waals surface area contributed by atoms with E-state index in [2.05, 4.69) is 24.9 Å². The molecule has 4 N–H and O–H groups in total. The van der Waals surface area contributed by atoms with Crippen LogP contribution in [-0.2, 0) is 4.74 Å². The molecule has 11 heteroatoms. The van der Waals surface area contributed by atoms with Crippen LogP contribution in [0.2, 0.25) is 0 Å². The van der Waals surface area contributed by atoms with Crippen LogP contribution in [0, 0.1) is 0 Å². The Balaban J connectivity index is 0.00000131. The molecule has 0 aromatic carbocycles. The van der Waals surface area contributed by atoms with Gasteiger partial charge in [-0.25, -0.2) is 19.9 Å². The third kappa shape index (κ3) is 3.86. The van der Waals surface area contributed by atoms with Gasteiger partial charge in [-0.05, 0) is 0 Å². The van der Waals surface area contributed by atoms with Crippen LogP contribution >= 0.6 is 11.8 Å². The molecule has 0 bridgehead atoms. The van der Waals surface area contributed by atoms with Crippen molar-refractivity contribution in [1.29, 1.82) is 0 Å². The van der Waals surface area contributed by atoms with E-state index in [4.69, 9.17) is 10.5 Å². The number of aliphatic hydroxyl groups is 2. The molecule has 3 aromatic rings. The molecule has 146 valence electrons. The van der Waals surface area contributed by atoms with Gasteiger partial charge in [0.25, 0.3) is 0 Å². The molecule has 4 heterocycles. The number of nitrogens with two attached hydrogens (primary N) is 1.